The Balaban J connectivity index is 2.08. The Hall–Kier alpha value is -1.53. The zero-order valence-electron chi connectivity index (χ0n) is 10.2. The van der Waals surface area contributed by atoms with Gasteiger partial charge in [0.05, 0.1) is 12.0 Å². The minimum Gasteiger partial charge on any atom is -0.348 e. The van der Waals surface area contributed by atoms with Gasteiger partial charge in [-0.25, -0.2) is 0 Å². The molecule has 1 aliphatic carbocycles. The molecule has 1 fully saturated rings. The number of halogens is 1. The molecule has 0 heterocycles. The van der Waals surface area contributed by atoms with E-state index in [-0.39, 0.29) is 17.9 Å². The topological polar surface area (TPSA) is 52.9 Å². The predicted molar refractivity (Wildman–Crippen MR) is 70.4 cm³/mol. The number of rotatable bonds is 2. The molecule has 0 radical (unpaired) electrons. The van der Waals surface area contributed by atoms with Crippen molar-refractivity contribution in [2.24, 2.45) is 5.92 Å². The first-order chi connectivity index (χ1) is 8.61. The molecule has 1 aromatic rings. The van der Waals surface area contributed by atoms with Crippen molar-refractivity contribution in [1.29, 1.82) is 5.26 Å². The lowest BCUT2D eigenvalue weighted by molar-refractivity contribution is 0.0933. The highest BCUT2D eigenvalue weighted by Gasteiger charge is 2.28. The summed E-state index contributed by atoms with van der Waals surface area (Å²) >= 11 is 6.00. The molecule has 3 nitrogen and oxygen atoms in total. The summed E-state index contributed by atoms with van der Waals surface area (Å²) < 4.78 is 0. The van der Waals surface area contributed by atoms with Crippen molar-refractivity contribution in [3.63, 3.8) is 0 Å². The maximum Gasteiger partial charge on any atom is 0.251 e. The number of carbonyl (C=O) groups excluding carboxylic acids is 1. The Morgan fingerprint density at radius 3 is 2.94 bits per heavy atom. The van der Waals surface area contributed by atoms with Crippen LogP contribution in [0.1, 0.15) is 35.2 Å². The molecule has 18 heavy (non-hydrogen) atoms. The molecular weight excluding hydrogens is 248 g/mol. The van der Waals surface area contributed by atoms with Crippen LogP contribution in [0.25, 0.3) is 0 Å². The summed E-state index contributed by atoms with van der Waals surface area (Å²) in [6.45, 7) is 1.90. The van der Waals surface area contributed by atoms with Gasteiger partial charge in [-0.15, -0.1) is 0 Å². The molecule has 0 aliphatic heterocycles. The van der Waals surface area contributed by atoms with E-state index in [1.54, 1.807) is 12.1 Å². The van der Waals surface area contributed by atoms with Gasteiger partial charge in [-0.3, -0.25) is 4.79 Å². The Bertz CT molecular complexity index is 507. The van der Waals surface area contributed by atoms with Gasteiger partial charge in [-0.05, 0) is 43.9 Å². The Morgan fingerprint density at radius 2 is 2.28 bits per heavy atom. The zero-order valence-corrected chi connectivity index (χ0v) is 11.0. The fraction of sp³-hybridized carbons (Fsp3) is 0.429. The smallest absolute Gasteiger partial charge is 0.251 e. The van der Waals surface area contributed by atoms with Gasteiger partial charge in [0.25, 0.3) is 5.91 Å². The Morgan fingerprint density at radius 1 is 1.50 bits per heavy atom. The highest BCUT2D eigenvalue weighted by Crippen LogP contribution is 2.25. The molecule has 0 spiro atoms. The third kappa shape index (κ3) is 2.65. The maximum atomic E-state index is 12.0. The molecule has 4 heteroatoms. The largest absolute Gasteiger partial charge is 0.348 e. The number of aryl methyl sites for hydroxylation is 1. The van der Waals surface area contributed by atoms with Crippen molar-refractivity contribution < 1.29 is 4.79 Å². The summed E-state index contributed by atoms with van der Waals surface area (Å²) in [6, 6.07) is 7.48. The van der Waals surface area contributed by atoms with Gasteiger partial charge in [0.2, 0.25) is 0 Å². The molecule has 1 aliphatic rings. The number of hydrogen-bond acceptors (Lipinski definition) is 2. The van der Waals surface area contributed by atoms with Gasteiger partial charge < -0.3 is 5.32 Å². The average Bonchev–Trinajstić information content (AvgIpc) is 2.79. The predicted octanol–water partition coefficient (Wildman–Crippen LogP) is 3.07. The molecule has 2 rings (SSSR count). The number of amides is 1. The molecule has 1 amide bonds. The van der Waals surface area contributed by atoms with Crippen LogP contribution in [0.4, 0.5) is 0 Å². The lowest BCUT2D eigenvalue weighted by Crippen LogP contribution is -2.36. The van der Waals surface area contributed by atoms with E-state index in [0.717, 1.165) is 24.8 Å². The standard InChI is InChI=1S/C14H15ClN2O/c1-9-5-6-10(7-12(9)15)14(18)17-13-4-2-3-11(13)8-16/h5-7,11,13H,2-4H2,1H3,(H,17,18). The van der Waals surface area contributed by atoms with Crippen LogP contribution in [0.5, 0.6) is 0 Å². The van der Waals surface area contributed by atoms with E-state index >= 15 is 0 Å². The third-order valence-corrected chi connectivity index (χ3v) is 3.84. The van der Waals surface area contributed by atoms with Crippen molar-refractivity contribution in [3.05, 3.63) is 34.3 Å². The van der Waals surface area contributed by atoms with Crippen LogP contribution in [0.2, 0.25) is 5.02 Å². The van der Waals surface area contributed by atoms with E-state index in [2.05, 4.69) is 11.4 Å². The molecule has 1 N–H and O–H groups in total. The molecule has 0 aromatic heterocycles. The molecule has 2 atom stereocenters. The third-order valence-electron chi connectivity index (χ3n) is 3.43. The lowest BCUT2D eigenvalue weighted by Gasteiger charge is -2.15. The normalized spacial score (nSPS) is 22.5. The molecular formula is C14H15ClN2O. The summed E-state index contributed by atoms with van der Waals surface area (Å²) in [5.74, 6) is -0.209. The first kappa shape index (κ1) is 12.9. The van der Waals surface area contributed by atoms with Gasteiger partial charge >= 0.3 is 0 Å². The second kappa shape index (κ2) is 5.41. The highest BCUT2D eigenvalue weighted by atomic mass is 35.5. The van der Waals surface area contributed by atoms with Gasteiger partial charge in [-0.2, -0.15) is 5.26 Å². The first-order valence-electron chi connectivity index (χ1n) is 6.08. The van der Waals surface area contributed by atoms with E-state index in [1.165, 1.54) is 0 Å². The van der Waals surface area contributed by atoms with Crippen LogP contribution in [-0.4, -0.2) is 11.9 Å². The van der Waals surface area contributed by atoms with Crippen molar-refractivity contribution in [1.82, 2.24) is 5.32 Å². The average molecular weight is 263 g/mol. The van der Waals surface area contributed by atoms with Crippen LogP contribution in [-0.2, 0) is 0 Å². The van der Waals surface area contributed by atoms with Gasteiger partial charge in [-0.1, -0.05) is 17.7 Å². The molecule has 94 valence electrons. The van der Waals surface area contributed by atoms with E-state index in [1.807, 2.05) is 13.0 Å². The number of hydrogen-bond donors (Lipinski definition) is 1. The SMILES string of the molecule is Cc1ccc(C(=O)NC2CCCC2C#N)cc1Cl. The van der Waals surface area contributed by atoms with Crippen LogP contribution >= 0.6 is 11.6 Å². The number of benzene rings is 1. The fourth-order valence-corrected chi connectivity index (χ4v) is 2.45. The van der Waals surface area contributed by atoms with Crippen LogP contribution < -0.4 is 5.32 Å². The maximum absolute atomic E-state index is 12.0. The second-order valence-electron chi connectivity index (χ2n) is 4.71. The van der Waals surface area contributed by atoms with E-state index in [0.29, 0.717) is 10.6 Å². The van der Waals surface area contributed by atoms with Crippen LogP contribution in [0, 0.1) is 24.2 Å². The van der Waals surface area contributed by atoms with Crippen LogP contribution in [0.3, 0.4) is 0 Å². The van der Waals surface area contributed by atoms with Crippen molar-refractivity contribution in [2.75, 3.05) is 0 Å². The first-order valence-corrected chi connectivity index (χ1v) is 6.46. The van der Waals surface area contributed by atoms with Crippen molar-refractivity contribution >= 4 is 17.5 Å². The molecule has 0 bridgehead atoms. The Labute approximate surface area is 112 Å². The van der Waals surface area contributed by atoms with Crippen molar-refractivity contribution in [2.45, 2.75) is 32.2 Å². The molecule has 0 saturated heterocycles. The summed E-state index contributed by atoms with van der Waals surface area (Å²) in [5, 5.41) is 12.5. The van der Waals surface area contributed by atoms with E-state index in [4.69, 9.17) is 16.9 Å². The minimum absolute atomic E-state index is 0.0254. The molecule has 1 saturated carbocycles. The lowest BCUT2D eigenvalue weighted by atomic mass is 10.0. The van der Waals surface area contributed by atoms with E-state index < -0.39 is 0 Å². The number of carbonyl (C=O) groups is 1. The summed E-state index contributed by atoms with van der Waals surface area (Å²) in [4.78, 5) is 12.0. The Kier molecular flexibility index (Phi) is 3.88. The number of nitrogens with zero attached hydrogens (tertiary/aromatic N) is 1. The van der Waals surface area contributed by atoms with E-state index in [9.17, 15) is 4.79 Å². The van der Waals surface area contributed by atoms with Crippen molar-refractivity contribution in [3.8, 4) is 6.07 Å². The zero-order chi connectivity index (χ0) is 13.1. The summed E-state index contributed by atoms with van der Waals surface area (Å²) in [6.07, 6.45) is 2.75. The van der Waals surface area contributed by atoms with Gasteiger partial charge in [0.15, 0.2) is 0 Å². The fourth-order valence-electron chi connectivity index (χ4n) is 2.27. The highest BCUT2D eigenvalue weighted by molar-refractivity contribution is 6.31. The summed E-state index contributed by atoms with van der Waals surface area (Å²) in [5.41, 5.74) is 1.50. The van der Waals surface area contributed by atoms with Gasteiger partial charge in [0, 0.05) is 16.6 Å². The minimum atomic E-state index is -0.149. The van der Waals surface area contributed by atoms with Crippen LogP contribution in [0.15, 0.2) is 18.2 Å². The number of nitrogens with one attached hydrogen (secondary N) is 1. The molecule has 2 unspecified atom stereocenters. The van der Waals surface area contributed by atoms with Gasteiger partial charge in [0.1, 0.15) is 0 Å². The second-order valence-corrected chi connectivity index (χ2v) is 5.12. The monoisotopic (exact) mass is 262 g/mol. The number of nitriles is 1. The quantitative estimate of drug-likeness (QED) is 0.891. The molecule has 1 aromatic carbocycles. The summed E-state index contributed by atoms with van der Waals surface area (Å²) in [7, 11) is 0.